The molecule has 1 N–H and O–H groups in total. The maximum Gasteiger partial charge on any atom is 0.269 e. The molecule has 1 heterocycles. The largest absolute Gasteiger partial charge is 0.470 e. The Balaban J connectivity index is 1.86. The molecule has 0 aliphatic carbocycles. The van der Waals surface area contributed by atoms with Crippen molar-refractivity contribution in [3.05, 3.63) is 47.2 Å². The summed E-state index contributed by atoms with van der Waals surface area (Å²) in [5, 5.41) is 7.45. The minimum Gasteiger partial charge on any atom is -0.470 e. The van der Waals surface area contributed by atoms with Gasteiger partial charge in [0.15, 0.2) is 6.73 Å². The van der Waals surface area contributed by atoms with Crippen molar-refractivity contribution in [1.29, 1.82) is 0 Å². The molecular formula is C16H20ClN3O3. The minimum absolute atomic E-state index is 0.110. The van der Waals surface area contributed by atoms with E-state index in [1.54, 1.807) is 24.4 Å². The molecule has 0 unspecified atom stereocenters. The highest BCUT2D eigenvalue weighted by Gasteiger charge is 2.12. The second-order valence-electron chi connectivity index (χ2n) is 4.73. The Labute approximate surface area is 140 Å². The van der Waals surface area contributed by atoms with E-state index in [4.69, 9.17) is 21.1 Å². The number of nitrogens with zero attached hydrogens (tertiary/aromatic N) is 2. The van der Waals surface area contributed by atoms with Gasteiger partial charge >= 0.3 is 0 Å². The van der Waals surface area contributed by atoms with Crippen LogP contribution in [0.3, 0.4) is 0 Å². The predicted molar refractivity (Wildman–Crippen MR) is 87.8 cm³/mol. The molecule has 0 spiro atoms. The summed E-state index contributed by atoms with van der Waals surface area (Å²) in [4.78, 5) is 12.1. The number of para-hydroxylation sites is 1. The fraction of sp³-hybridized carbons (Fsp3) is 0.375. The molecule has 1 amide bonds. The summed E-state index contributed by atoms with van der Waals surface area (Å²) in [7, 11) is 0. The van der Waals surface area contributed by atoms with Crippen LogP contribution in [-0.4, -0.2) is 35.4 Å². The molecule has 0 aliphatic heterocycles. The van der Waals surface area contributed by atoms with Crippen LogP contribution in [0.1, 0.15) is 23.8 Å². The summed E-state index contributed by atoms with van der Waals surface area (Å²) in [6.45, 7) is 3.91. The maximum atomic E-state index is 12.1. The molecule has 2 rings (SSSR count). The smallest absolute Gasteiger partial charge is 0.269 e. The van der Waals surface area contributed by atoms with Crippen LogP contribution in [0, 0.1) is 0 Å². The predicted octanol–water partition coefficient (Wildman–Crippen LogP) is 2.73. The third-order valence-corrected chi connectivity index (χ3v) is 3.40. The molecule has 0 saturated heterocycles. The average Bonchev–Trinajstić information content (AvgIpc) is 3.02. The molecular weight excluding hydrogens is 318 g/mol. The number of nitrogens with one attached hydrogen (secondary N) is 1. The van der Waals surface area contributed by atoms with Crippen molar-refractivity contribution in [2.45, 2.75) is 20.1 Å². The van der Waals surface area contributed by atoms with Gasteiger partial charge in [0.2, 0.25) is 0 Å². The number of carbonyl (C=O) groups excluding carboxylic acids is 1. The zero-order valence-electron chi connectivity index (χ0n) is 13.0. The molecule has 0 atom stereocenters. The zero-order valence-corrected chi connectivity index (χ0v) is 13.8. The second-order valence-corrected chi connectivity index (χ2v) is 5.13. The average molecular weight is 338 g/mol. The third kappa shape index (κ3) is 5.26. The minimum atomic E-state index is -0.193. The fourth-order valence-electron chi connectivity index (χ4n) is 1.93. The molecule has 1 aromatic heterocycles. The van der Waals surface area contributed by atoms with Crippen molar-refractivity contribution in [2.24, 2.45) is 0 Å². The van der Waals surface area contributed by atoms with E-state index < -0.39 is 0 Å². The summed E-state index contributed by atoms with van der Waals surface area (Å²) < 4.78 is 12.3. The molecule has 0 aliphatic rings. The van der Waals surface area contributed by atoms with Gasteiger partial charge in [0.05, 0.1) is 5.02 Å². The van der Waals surface area contributed by atoms with E-state index in [1.807, 2.05) is 19.1 Å². The SMILES string of the molecule is CCOCCCNC(=O)c1ccnn1COc1ccccc1Cl. The topological polar surface area (TPSA) is 65.4 Å². The van der Waals surface area contributed by atoms with Gasteiger partial charge in [0.1, 0.15) is 11.4 Å². The number of ether oxygens (including phenoxy) is 2. The van der Waals surface area contributed by atoms with E-state index in [0.29, 0.717) is 36.2 Å². The first kappa shape index (κ1) is 17.3. The summed E-state index contributed by atoms with van der Waals surface area (Å²) in [5.74, 6) is 0.356. The van der Waals surface area contributed by atoms with Crippen LogP contribution in [-0.2, 0) is 11.5 Å². The van der Waals surface area contributed by atoms with Gasteiger partial charge in [-0.15, -0.1) is 0 Å². The maximum absolute atomic E-state index is 12.1. The number of amides is 1. The Hall–Kier alpha value is -2.05. The van der Waals surface area contributed by atoms with E-state index in [-0.39, 0.29) is 12.6 Å². The van der Waals surface area contributed by atoms with Crippen LogP contribution in [0.4, 0.5) is 0 Å². The number of benzene rings is 1. The van der Waals surface area contributed by atoms with Gasteiger partial charge in [-0.3, -0.25) is 4.79 Å². The molecule has 7 heteroatoms. The Morgan fingerprint density at radius 2 is 2.17 bits per heavy atom. The lowest BCUT2D eigenvalue weighted by Gasteiger charge is -2.11. The first-order valence-electron chi connectivity index (χ1n) is 7.47. The van der Waals surface area contributed by atoms with Gasteiger partial charge < -0.3 is 14.8 Å². The van der Waals surface area contributed by atoms with E-state index in [2.05, 4.69) is 10.4 Å². The first-order valence-corrected chi connectivity index (χ1v) is 7.85. The lowest BCUT2D eigenvalue weighted by Crippen LogP contribution is -2.28. The lowest BCUT2D eigenvalue weighted by atomic mass is 10.3. The summed E-state index contributed by atoms with van der Waals surface area (Å²) in [6, 6.07) is 8.81. The van der Waals surface area contributed by atoms with Gasteiger partial charge in [0, 0.05) is 26.0 Å². The first-order chi connectivity index (χ1) is 11.2. The molecule has 124 valence electrons. The quantitative estimate of drug-likeness (QED) is 0.714. The summed E-state index contributed by atoms with van der Waals surface area (Å²) in [5.41, 5.74) is 0.438. The number of hydrogen-bond donors (Lipinski definition) is 1. The van der Waals surface area contributed by atoms with Crippen molar-refractivity contribution >= 4 is 17.5 Å². The number of aromatic nitrogens is 2. The van der Waals surface area contributed by atoms with E-state index in [9.17, 15) is 4.79 Å². The third-order valence-electron chi connectivity index (χ3n) is 3.08. The van der Waals surface area contributed by atoms with Crippen LogP contribution >= 0.6 is 11.6 Å². The molecule has 0 radical (unpaired) electrons. The van der Waals surface area contributed by atoms with Crippen molar-refractivity contribution < 1.29 is 14.3 Å². The van der Waals surface area contributed by atoms with E-state index in [0.717, 1.165) is 6.42 Å². The van der Waals surface area contributed by atoms with E-state index in [1.165, 1.54) is 4.68 Å². The normalized spacial score (nSPS) is 10.5. The van der Waals surface area contributed by atoms with Gasteiger partial charge in [-0.1, -0.05) is 23.7 Å². The Morgan fingerprint density at radius 1 is 1.35 bits per heavy atom. The Bertz CT molecular complexity index is 631. The number of halogens is 1. The monoisotopic (exact) mass is 337 g/mol. The van der Waals surface area contributed by atoms with Gasteiger partial charge in [0.25, 0.3) is 5.91 Å². The summed E-state index contributed by atoms with van der Waals surface area (Å²) in [6.07, 6.45) is 2.33. The molecule has 2 aromatic rings. The molecule has 1 aromatic carbocycles. The van der Waals surface area contributed by atoms with Gasteiger partial charge in [-0.25, -0.2) is 4.68 Å². The fourth-order valence-corrected chi connectivity index (χ4v) is 2.12. The number of rotatable bonds is 9. The van der Waals surface area contributed by atoms with Crippen LogP contribution < -0.4 is 10.1 Å². The van der Waals surface area contributed by atoms with Crippen molar-refractivity contribution in [3.63, 3.8) is 0 Å². The van der Waals surface area contributed by atoms with Crippen molar-refractivity contribution in [3.8, 4) is 5.75 Å². The molecule has 0 saturated carbocycles. The zero-order chi connectivity index (χ0) is 16.5. The standard InChI is InChI=1S/C16H20ClN3O3/c1-2-22-11-5-9-18-16(21)14-8-10-19-20(14)12-23-15-7-4-3-6-13(15)17/h3-4,6-8,10H,2,5,9,11-12H2,1H3,(H,18,21). The Kier molecular flexibility index (Phi) is 6.90. The van der Waals surface area contributed by atoms with Gasteiger partial charge in [-0.2, -0.15) is 5.10 Å². The number of hydrogen-bond acceptors (Lipinski definition) is 4. The summed E-state index contributed by atoms with van der Waals surface area (Å²) >= 11 is 6.03. The second kappa shape index (κ2) is 9.17. The lowest BCUT2D eigenvalue weighted by molar-refractivity contribution is 0.0923. The molecule has 0 fully saturated rings. The Morgan fingerprint density at radius 3 is 2.96 bits per heavy atom. The highest BCUT2D eigenvalue weighted by Crippen LogP contribution is 2.23. The van der Waals surface area contributed by atoms with Crippen LogP contribution in [0.15, 0.2) is 36.5 Å². The highest BCUT2D eigenvalue weighted by atomic mass is 35.5. The van der Waals surface area contributed by atoms with Gasteiger partial charge in [-0.05, 0) is 31.5 Å². The molecule has 0 bridgehead atoms. The van der Waals surface area contributed by atoms with Crippen molar-refractivity contribution in [1.82, 2.24) is 15.1 Å². The van der Waals surface area contributed by atoms with Crippen LogP contribution in [0.2, 0.25) is 5.02 Å². The highest BCUT2D eigenvalue weighted by molar-refractivity contribution is 6.32. The van der Waals surface area contributed by atoms with Crippen LogP contribution in [0.25, 0.3) is 0 Å². The molecule has 23 heavy (non-hydrogen) atoms. The van der Waals surface area contributed by atoms with Crippen LogP contribution in [0.5, 0.6) is 5.75 Å². The molecule has 6 nitrogen and oxygen atoms in total. The van der Waals surface area contributed by atoms with E-state index >= 15 is 0 Å². The van der Waals surface area contributed by atoms with Crippen molar-refractivity contribution in [2.75, 3.05) is 19.8 Å². The number of carbonyl (C=O) groups is 1.